The van der Waals surface area contributed by atoms with Crippen molar-refractivity contribution < 1.29 is 14.3 Å². The predicted molar refractivity (Wildman–Crippen MR) is 87.5 cm³/mol. The van der Waals surface area contributed by atoms with Crippen LogP contribution < -0.4 is 4.74 Å². The largest absolute Gasteiger partial charge is 0.490 e. The van der Waals surface area contributed by atoms with Gasteiger partial charge >= 0.3 is 0 Å². The van der Waals surface area contributed by atoms with Crippen molar-refractivity contribution >= 4 is 22.9 Å². The van der Waals surface area contributed by atoms with Crippen LogP contribution in [0.5, 0.6) is 5.75 Å². The van der Waals surface area contributed by atoms with Gasteiger partial charge in [-0.05, 0) is 24.3 Å². The van der Waals surface area contributed by atoms with Crippen molar-refractivity contribution in [1.29, 1.82) is 0 Å². The first-order valence-electron chi connectivity index (χ1n) is 6.96. The van der Waals surface area contributed by atoms with Gasteiger partial charge < -0.3 is 9.47 Å². The highest BCUT2D eigenvalue weighted by Crippen LogP contribution is 2.22. The summed E-state index contributed by atoms with van der Waals surface area (Å²) in [7, 11) is 0. The maximum atomic E-state index is 12.0. The SMILES string of the molecule is O=C(N=C1O[C@H](COc2ccccc2)CS1)c1ccccc1. The Labute approximate surface area is 133 Å². The van der Waals surface area contributed by atoms with Crippen LogP contribution in [-0.4, -0.2) is 29.6 Å². The van der Waals surface area contributed by atoms with Gasteiger partial charge in [0.15, 0.2) is 0 Å². The van der Waals surface area contributed by atoms with E-state index >= 15 is 0 Å². The number of hydrogen-bond donors (Lipinski definition) is 0. The molecule has 0 spiro atoms. The van der Waals surface area contributed by atoms with Gasteiger partial charge in [0, 0.05) is 11.3 Å². The van der Waals surface area contributed by atoms with Gasteiger partial charge in [-0.15, -0.1) is 0 Å². The standard InChI is InChI=1S/C17H15NO3S/c19-16(13-7-3-1-4-8-13)18-17-21-15(12-22-17)11-20-14-9-5-2-6-10-14/h1-10,15H,11-12H2/t15-/m1/s1. The summed E-state index contributed by atoms with van der Waals surface area (Å²) in [6.45, 7) is 0.440. The minimum absolute atomic E-state index is 0.0903. The highest BCUT2D eigenvalue weighted by Gasteiger charge is 2.24. The second-order valence-corrected chi connectivity index (χ2v) is 5.70. The molecule has 1 aliphatic heterocycles. The summed E-state index contributed by atoms with van der Waals surface area (Å²) < 4.78 is 11.3. The molecule has 2 aromatic rings. The molecule has 22 heavy (non-hydrogen) atoms. The van der Waals surface area contributed by atoms with Crippen molar-refractivity contribution in [2.45, 2.75) is 6.10 Å². The predicted octanol–water partition coefficient (Wildman–Crippen LogP) is 3.39. The average Bonchev–Trinajstić information content (AvgIpc) is 3.02. The van der Waals surface area contributed by atoms with Crippen LogP contribution in [0.1, 0.15) is 10.4 Å². The van der Waals surface area contributed by atoms with E-state index in [9.17, 15) is 4.79 Å². The van der Waals surface area contributed by atoms with Crippen LogP contribution in [-0.2, 0) is 4.74 Å². The van der Waals surface area contributed by atoms with Crippen molar-refractivity contribution in [2.24, 2.45) is 4.99 Å². The number of nitrogens with zero attached hydrogens (tertiary/aromatic N) is 1. The zero-order chi connectivity index (χ0) is 15.2. The Bertz CT molecular complexity index is 658. The molecule has 112 valence electrons. The second kappa shape index (κ2) is 7.13. The van der Waals surface area contributed by atoms with Gasteiger partial charge in [0.1, 0.15) is 18.5 Å². The molecule has 4 nitrogen and oxygen atoms in total. The van der Waals surface area contributed by atoms with Crippen LogP contribution in [0.25, 0.3) is 0 Å². The monoisotopic (exact) mass is 313 g/mol. The number of amides is 1. The molecule has 1 atom stereocenters. The van der Waals surface area contributed by atoms with E-state index in [0.29, 0.717) is 17.4 Å². The Kier molecular flexibility index (Phi) is 4.75. The number of aliphatic imine (C=N–C) groups is 1. The lowest BCUT2D eigenvalue weighted by atomic mass is 10.2. The number of carbonyl (C=O) groups excluding carboxylic acids is 1. The molecule has 1 amide bonds. The van der Waals surface area contributed by atoms with Gasteiger partial charge in [-0.25, -0.2) is 0 Å². The van der Waals surface area contributed by atoms with Crippen molar-refractivity contribution in [2.75, 3.05) is 12.4 Å². The summed E-state index contributed by atoms with van der Waals surface area (Å²) in [5, 5.41) is 0.413. The van der Waals surface area contributed by atoms with Crippen molar-refractivity contribution in [1.82, 2.24) is 0 Å². The van der Waals surface area contributed by atoms with Gasteiger partial charge in [-0.2, -0.15) is 4.99 Å². The zero-order valence-corrected chi connectivity index (χ0v) is 12.7. The van der Waals surface area contributed by atoms with E-state index in [1.165, 1.54) is 11.8 Å². The highest BCUT2D eigenvalue weighted by molar-refractivity contribution is 8.13. The topological polar surface area (TPSA) is 47.9 Å². The molecule has 5 heteroatoms. The summed E-state index contributed by atoms with van der Waals surface area (Å²) in [4.78, 5) is 16.0. The third kappa shape index (κ3) is 3.89. The van der Waals surface area contributed by atoms with Crippen LogP contribution in [0.15, 0.2) is 65.7 Å². The molecule has 0 unspecified atom stereocenters. The van der Waals surface area contributed by atoms with Crippen molar-refractivity contribution in [3.63, 3.8) is 0 Å². The van der Waals surface area contributed by atoms with E-state index in [0.717, 1.165) is 11.5 Å². The van der Waals surface area contributed by atoms with E-state index in [1.807, 2.05) is 48.5 Å². The highest BCUT2D eigenvalue weighted by atomic mass is 32.2. The van der Waals surface area contributed by atoms with E-state index < -0.39 is 0 Å². The van der Waals surface area contributed by atoms with Crippen molar-refractivity contribution in [3.05, 3.63) is 66.2 Å². The second-order valence-electron chi connectivity index (χ2n) is 4.72. The molecule has 1 fully saturated rings. The van der Waals surface area contributed by atoms with E-state index in [2.05, 4.69) is 4.99 Å². The number of benzene rings is 2. The molecule has 0 aromatic heterocycles. The smallest absolute Gasteiger partial charge is 0.280 e. The van der Waals surface area contributed by atoms with Crippen LogP contribution in [0.2, 0.25) is 0 Å². The number of rotatable bonds is 4. The lowest BCUT2D eigenvalue weighted by molar-refractivity contribution is 0.0994. The fourth-order valence-corrected chi connectivity index (χ4v) is 2.79. The normalized spacial score (nSPS) is 18.9. The molecule has 0 N–H and O–H groups in total. The Hall–Kier alpha value is -2.27. The van der Waals surface area contributed by atoms with E-state index in [4.69, 9.17) is 9.47 Å². The maximum Gasteiger partial charge on any atom is 0.280 e. The number of hydrogen-bond acceptors (Lipinski definition) is 4. The summed E-state index contributed by atoms with van der Waals surface area (Å²) in [5.74, 6) is 1.25. The molecule has 0 radical (unpaired) electrons. The fourth-order valence-electron chi connectivity index (χ4n) is 1.95. The molecular formula is C17H15NO3S. The Balaban J connectivity index is 1.54. The Morgan fingerprint density at radius 2 is 1.82 bits per heavy atom. The van der Waals surface area contributed by atoms with Crippen LogP contribution in [0, 0.1) is 0 Å². The summed E-state index contributed by atoms with van der Waals surface area (Å²) >= 11 is 1.44. The summed E-state index contributed by atoms with van der Waals surface area (Å²) in [6, 6.07) is 18.5. The van der Waals surface area contributed by atoms with Gasteiger partial charge in [0.2, 0.25) is 0 Å². The number of ether oxygens (including phenoxy) is 2. The zero-order valence-electron chi connectivity index (χ0n) is 11.8. The first-order chi connectivity index (χ1) is 10.8. The number of thioether (sulfide) groups is 1. The molecule has 0 bridgehead atoms. The molecule has 1 aliphatic rings. The molecule has 1 heterocycles. The molecule has 0 aliphatic carbocycles. The third-order valence-electron chi connectivity index (χ3n) is 3.05. The van der Waals surface area contributed by atoms with Crippen LogP contribution >= 0.6 is 11.8 Å². The Morgan fingerprint density at radius 3 is 2.55 bits per heavy atom. The van der Waals surface area contributed by atoms with Gasteiger partial charge in [0.25, 0.3) is 11.1 Å². The van der Waals surface area contributed by atoms with Gasteiger partial charge in [-0.1, -0.05) is 48.2 Å². The lowest BCUT2D eigenvalue weighted by Crippen LogP contribution is -2.20. The quantitative estimate of drug-likeness (QED) is 0.868. The van der Waals surface area contributed by atoms with Gasteiger partial charge in [-0.3, -0.25) is 4.79 Å². The molecule has 3 rings (SSSR count). The van der Waals surface area contributed by atoms with Crippen molar-refractivity contribution in [3.8, 4) is 5.75 Å². The lowest BCUT2D eigenvalue weighted by Gasteiger charge is -2.10. The third-order valence-corrected chi connectivity index (χ3v) is 4.03. The first-order valence-corrected chi connectivity index (χ1v) is 7.95. The molecule has 1 saturated heterocycles. The maximum absolute atomic E-state index is 12.0. The average molecular weight is 313 g/mol. The van der Waals surface area contributed by atoms with E-state index in [-0.39, 0.29) is 12.0 Å². The minimum Gasteiger partial charge on any atom is -0.490 e. The van der Waals surface area contributed by atoms with E-state index in [1.54, 1.807) is 12.1 Å². The van der Waals surface area contributed by atoms with Gasteiger partial charge in [0.05, 0.1) is 0 Å². The molecule has 2 aromatic carbocycles. The molecular weight excluding hydrogens is 298 g/mol. The van der Waals surface area contributed by atoms with Crippen LogP contribution in [0.4, 0.5) is 0 Å². The minimum atomic E-state index is -0.285. The first kappa shape index (κ1) is 14.7. The Morgan fingerprint density at radius 1 is 1.14 bits per heavy atom. The molecule has 0 saturated carbocycles. The van der Waals surface area contributed by atoms with Crippen LogP contribution in [0.3, 0.4) is 0 Å². The fraction of sp³-hybridized carbons (Fsp3) is 0.176. The number of carbonyl (C=O) groups is 1. The number of para-hydroxylation sites is 1. The summed E-state index contributed by atoms with van der Waals surface area (Å²) in [5.41, 5.74) is 0.559. The summed E-state index contributed by atoms with van der Waals surface area (Å²) in [6.07, 6.45) is -0.0903.